The quantitative estimate of drug-likeness (QED) is 0.619. The summed E-state index contributed by atoms with van der Waals surface area (Å²) in [5, 5.41) is 7.16. The van der Waals surface area contributed by atoms with Crippen molar-refractivity contribution in [1.29, 1.82) is 0 Å². The van der Waals surface area contributed by atoms with E-state index in [0.29, 0.717) is 11.4 Å². The van der Waals surface area contributed by atoms with Gasteiger partial charge in [0.2, 0.25) is 0 Å². The Bertz CT molecular complexity index is 1070. The maximum Gasteiger partial charge on any atom is 0.422 e. The number of pyridine rings is 1. The highest BCUT2D eigenvalue weighted by atomic mass is 35.5. The van der Waals surface area contributed by atoms with Gasteiger partial charge in [0.15, 0.2) is 12.4 Å². The summed E-state index contributed by atoms with van der Waals surface area (Å²) in [6.07, 6.45) is -4.43. The molecule has 0 unspecified atom stereocenters. The van der Waals surface area contributed by atoms with Crippen molar-refractivity contribution in [1.82, 2.24) is 20.1 Å². The summed E-state index contributed by atoms with van der Waals surface area (Å²) in [6, 6.07) is 11.1. The lowest BCUT2D eigenvalue weighted by atomic mass is 10.2. The van der Waals surface area contributed by atoms with Crippen molar-refractivity contribution in [2.45, 2.75) is 26.6 Å². The Morgan fingerprint density at radius 3 is 2.63 bits per heavy atom. The van der Waals surface area contributed by atoms with Gasteiger partial charge in [-0.3, -0.25) is 4.79 Å². The van der Waals surface area contributed by atoms with Gasteiger partial charge in [-0.2, -0.15) is 18.3 Å². The number of ether oxygens (including phenoxy) is 1. The van der Waals surface area contributed by atoms with Gasteiger partial charge in [0.05, 0.1) is 10.7 Å². The first-order valence-corrected chi connectivity index (χ1v) is 9.27. The Morgan fingerprint density at radius 1 is 1.20 bits per heavy atom. The number of halogens is 4. The van der Waals surface area contributed by atoms with E-state index in [1.165, 1.54) is 12.1 Å². The molecule has 158 valence electrons. The van der Waals surface area contributed by atoms with Gasteiger partial charge >= 0.3 is 6.18 Å². The molecule has 30 heavy (non-hydrogen) atoms. The molecule has 0 aliphatic rings. The summed E-state index contributed by atoms with van der Waals surface area (Å²) in [5.74, 6) is -0.0237. The van der Waals surface area contributed by atoms with Gasteiger partial charge in [0.25, 0.3) is 5.91 Å². The van der Waals surface area contributed by atoms with Gasteiger partial charge in [-0.15, -0.1) is 0 Å². The van der Waals surface area contributed by atoms with E-state index < -0.39 is 18.7 Å². The number of carbonyl (C=O) groups excluding carboxylic acids is 1. The molecule has 2 aromatic heterocycles. The minimum Gasteiger partial charge on any atom is -0.484 e. The molecule has 0 aliphatic carbocycles. The van der Waals surface area contributed by atoms with Crippen LogP contribution < -0.4 is 10.1 Å². The highest BCUT2D eigenvalue weighted by Gasteiger charge is 2.28. The van der Waals surface area contributed by atoms with E-state index in [2.05, 4.69) is 15.4 Å². The van der Waals surface area contributed by atoms with Crippen LogP contribution in [-0.2, 0) is 6.54 Å². The molecule has 0 atom stereocenters. The molecule has 0 fully saturated rings. The van der Waals surface area contributed by atoms with E-state index in [0.717, 1.165) is 11.4 Å². The van der Waals surface area contributed by atoms with Crippen LogP contribution in [-0.4, -0.2) is 33.5 Å². The highest BCUT2D eigenvalue weighted by molar-refractivity contribution is 6.33. The van der Waals surface area contributed by atoms with E-state index >= 15 is 0 Å². The van der Waals surface area contributed by atoms with Crippen LogP contribution in [0.15, 0.2) is 42.5 Å². The monoisotopic (exact) mass is 438 g/mol. The Morgan fingerprint density at radius 2 is 1.97 bits per heavy atom. The largest absolute Gasteiger partial charge is 0.484 e. The van der Waals surface area contributed by atoms with E-state index in [1.807, 2.05) is 19.9 Å². The number of alkyl halides is 3. The smallest absolute Gasteiger partial charge is 0.422 e. The molecular weight excluding hydrogens is 421 g/mol. The Hall–Kier alpha value is -3.07. The first-order chi connectivity index (χ1) is 14.1. The Balaban J connectivity index is 1.71. The van der Waals surface area contributed by atoms with Crippen LogP contribution in [0.3, 0.4) is 0 Å². The summed E-state index contributed by atoms with van der Waals surface area (Å²) in [7, 11) is 0. The van der Waals surface area contributed by atoms with Crippen LogP contribution in [0, 0.1) is 13.8 Å². The molecule has 0 aliphatic heterocycles. The summed E-state index contributed by atoms with van der Waals surface area (Å²) >= 11 is 6.13. The van der Waals surface area contributed by atoms with Crippen molar-refractivity contribution >= 4 is 17.5 Å². The summed E-state index contributed by atoms with van der Waals surface area (Å²) in [6.45, 7) is 2.38. The molecule has 1 N–H and O–H groups in total. The van der Waals surface area contributed by atoms with Gasteiger partial charge < -0.3 is 10.1 Å². The van der Waals surface area contributed by atoms with Crippen LogP contribution in [0.5, 0.6) is 5.75 Å². The molecule has 10 heteroatoms. The van der Waals surface area contributed by atoms with Crippen LogP contribution in [0.2, 0.25) is 5.02 Å². The number of nitrogens with zero attached hydrogens (tertiary/aromatic N) is 3. The molecule has 0 spiro atoms. The predicted molar refractivity (Wildman–Crippen MR) is 105 cm³/mol. The number of nitrogens with one attached hydrogen (secondary N) is 1. The van der Waals surface area contributed by atoms with Gasteiger partial charge in [-0.05, 0) is 49.7 Å². The highest BCUT2D eigenvalue weighted by Crippen LogP contribution is 2.20. The average Bonchev–Trinajstić information content (AvgIpc) is 3.03. The molecule has 0 bridgehead atoms. The number of rotatable bonds is 6. The third-order valence-corrected chi connectivity index (χ3v) is 4.33. The fourth-order valence-electron chi connectivity index (χ4n) is 2.75. The van der Waals surface area contributed by atoms with E-state index in [4.69, 9.17) is 16.3 Å². The number of hydrogen-bond donors (Lipinski definition) is 1. The van der Waals surface area contributed by atoms with Gasteiger partial charge in [0.1, 0.15) is 11.4 Å². The van der Waals surface area contributed by atoms with Crippen molar-refractivity contribution in [3.8, 4) is 11.6 Å². The van der Waals surface area contributed by atoms with Crippen molar-refractivity contribution in [3.05, 3.63) is 70.1 Å². The predicted octanol–water partition coefficient (Wildman–Crippen LogP) is 4.41. The van der Waals surface area contributed by atoms with Crippen LogP contribution in [0.4, 0.5) is 13.2 Å². The van der Waals surface area contributed by atoms with Crippen LogP contribution >= 0.6 is 11.6 Å². The lowest BCUT2D eigenvalue weighted by molar-refractivity contribution is -0.153. The number of aromatic nitrogens is 3. The maximum atomic E-state index is 12.6. The zero-order chi connectivity index (χ0) is 21.9. The third-order valence-electron chi connectivity index (χ3n) is 4.03. The number of benzene rings is 1. The van der Waals surface area contributed by atoms with E-state index in [9.17, 15) is 18.0 Å². The van der Waals surface area contributed by atoms with Crippen LogP contribution in [0.25, 0.3) is 5.82 Å². The molecule has 1 amide bonds. The van der Waals surface area contributed by atoms with E-state index in [-0.39, 0.29) is 23.0 Å². The molecule has 0 saturated heterocycles. The molecule has 6 nitrogen and oxygen atoms in total. The number of aryl methyl sites for hydroxylation is 2. The van der Waals surface area contributed by atoms with Crippen molar-refractivity contribution in [3.63, 3.8) is 0 Å². The fourth-order valence-corrected chi connectivity index (χ4v) is 2.94. The second kappa shape index (κ2) is 8.74. The van der Waals surface area contributed by atoms with Crippen molar-refractivity contribution < 1.29 is 22.7 Å². The van der Waals surface area contributed by atoms with Crippen LogP contribution in [0.1, 0.15) is 27.4 Å². The summed E-state index contributed by atoms with van der Waals surface area (Å²) in [4.78, 5) is 16.9. The standard InChI is InChI=1S/C20H18ClF3N4O2/c1-12-8-13(2)28(27-12)17-7-6-16(21)18(26-17)19(29)25-10-14-4-3-5-15(9-14)30-11-20(22,23)24/h3-9H,10-11H2,1-2H3,(H,25,29). The molecule has 3 rings (SSSR count). The minimum absolute atomic E-state index is 0.0196. The van der Waals surface area contributed by atoms with Gasteiger partial charge in [-0.25, -0.2) is 9.67 Å². The summed E-state index contributed by atoms with van der Waals surface area (Å²) in [5.41, 5.74) is 2.24. The first kappa shape index (κ1) is 21.6. The minimum atomic E-state index is -4.43. The first-order valence-electron chi connectivity index (χ1n) is 8.89. The number of amides is 1. The van der Waals surface area contributed by atoms with Crippen molar-refractivity contribution in [2.24, 2.45) is 0 Å². The topological polar surface area (TPSA) is 69.0 Å². The zero-order valence-corrected chi connectivity index (χ0v) is 16.9. The van der Waals surface area contributed by atoms with Gasteiger partial charge in [0, 0.05) is 12.2 Å². The maximum absolute atomic E-state index is 12.6. The van der Waals surface area contributed by atoms with Crippen molar-refractivity contribution in [2.75, 3.05) is 6.61 Å². The molecule has 2 heterocycles. The Labute approximate surface area is 175 Å². The lowest BCUT2D eigenvalue weighted by Gasteiger charge is -2.11. The third kappa shape index (κ3) is 5.50. The zero-order valence-electron chi connectivity index (χ0n) is 16.1. The second-order valence-corrected chi connectivity index (χ2v) is 6.98. The van der Waals surface area contributed by atoms with E-state index in [1.54, 1.807) is 28.9 Å². The van der Waals surface area contributed by atoms with Gasteiger partial charge in [-0.1, -0.05) is 23.7 Å². The molecular formula is C20H18ClF3N4O2. The molecule has 3 aromatic rings. The molecule has 0 radical (unpaired) electrons. The lowest BCUT2D eigenvalue weighted by Crippen LogP contribution is -2.25. The fraction of sp³-hybridized carbons (Fsp3) is 0.250. The number of hydrogen-bond acceptors (Lipinski definition) is 4. The molecule has 1 aromatic carbocycles. The average molecular weight is 439 g/mol. The Kier molecular flexibility index (Phi) is 6.31. The molecule has 0 saturated carbocycles. The number of carbonyl (C=O) groups is 1. The SMILES string of the molecule is Cc1cc(C)n(-c2ccc(Cl)c(C(=O)NCc3cccc(OCC(F)(F)F)c3)n2)n1. The normalized spacial score (nSPS) is 11.4. The second-order valence-electron chi connectivity index (χ2n) is 6.57. The summed E-state index contributed by atoms with van der Waals surface area (Å²) < 4.78 is 43.2.